The predicted octanol–water partition coefficient (Wildman–Crippen LogP) is 2.06. The summed E-state index contributed by atoms with van der Waals surface area (Å²) < 4.78 is 28.7. The molecule has 108 valence electrons. The van der Waals surface area contributed by atoms with Crippen molar-refractivity contribution in [2.45, 2.75) is 37.0 Å². The number of hydrogen-bond acceptors (Lipinski definition) is 3. The molecule has 2 fully saturated rings. The van der Waals surface area contributed by atoms with Gasteiger partial charge < -0.3 is 4.90 Å². The predicted molar refractivity (Wildman–Crippen MR) is 77.0 cm³/mol. The lowest BCUT2D eigenvalue weighted by Gasteiger charge is -2.30. The fourth-order valence-electron chi connectivity index (χ4n) is 2.48. The molecule has 1 aromatic heterocycles. The first-order valence-corrected chi connectivity index (χ1v) is 8.58. The van der Waals surface area contributed by atoms with Gasteiger partial charge in [-0.15, -0.1) is 4.40 Å². The van der Waals surface area contributed by atoms with E-state index >= 15 is 0 Å². The molecule has 1 aliphatic heterocycles. The van der Waals surface area contributed by atoms with Gasteiger partial charge in [-0.25, -0.2) is 0 Å². The average molecular weight is 293 g/mol. The van der Waals surface area contributed by atoms with Crippen LogP contribution in [0.15, 0.2) is 33.8 Å². The summed E-state index contributed by atoms with van der Waals surface area (Å²) in [4.78, 5) is 6.19. The van der Waals surface area contributed by atoms with E-state index in [0.717, 1.165) is 44.1 Å². The fraction of sp³-hybridized carbons (Fsp3) is 0.571. The van der Waals surface area contributed by atoms with Gasteiger partial charge in [-0.2, -0.15) is 8.42 Å². The number of sulfonamides is 1. The van der Waals surface area contributed by atoms with Gasteiger partial charge in [-0.05, 0) is 43.7 Å². The molecule has 3 rings (SSSR count). The molecular weight excluding hydrogens is 274 g/mol. The van der Waals surface area contributed by atoms with Crippen LogP contribution in [0.2, 0.25) is 0 Å². The molecule has 1 saturated carbocycles. The molecule has 0 spiro atoms. The van der Waals surface area contributed by atoms with Crippen LogP contribution in [0.1, 0.15) is 32.1 Å². The molecular formula is C14H19N3O2S. The summed E-state index contributed by atoms with van der Waals surface area (Å²) in [6.07, 6.45) is 8.34. The fourth-order valence-corrected chi connectivity index (χ4v) is 3.51. The van der Waals surface area contributed by atoms with Gasteiger partial charge in [0.2, 0.25) is 0 Å². The molecule has 1 saturated heterocycles. The van der Waals surface area contributed by atoms with Crippen LogP contribution >= 0.6 is 0 Å². The number of aromatic nitrogens is 1. The molecule has 0 radical (unpaired) electrons. The van der Waals surface area contributed by atoms with Crippen LogP contribution in [0.5, 0.6) is 0 Å². The molecule has 20 heavy (non-hydrogen) atoms. The van der Waals surface area contributed by atoms with Gasteiger partial charge in [0.05, 0.1) is 0 Å². The second-order valence-corrected chi connectivity index (χ2v) is 7.12. The maximum atomic E-state index is 12.3. The molecule has 2 heterocycles. The first-order chi connectivity index (χ1) is 9.65. The topological polar surface area (TPSA) is 62.6 Å². The van der Waals surface area contributed by atoms with E-state index in [1.165, 1.54) is 19.0 Å². The Kier molecular flexibility index (Phi) is 3.74. The van der Waals surface area contributed by atoms with Crippen LogP contribution < -0.4 is 0 Å². The highest BCUT2D eigenvalue weighted by Crippen LogP contribution is 2.31. The number of amidine groups is 1. The Bertz CT molecular complexity index is 594. The standard InChI is InChI=1S/C14H19N3O2S/c18-20(19,13-4-3-8-15-10-13)16-14-5-1-2-9-17(14)11-12-6-7-12/h3-4,8,10,12H,1-2,5-7,9,11H2/b16-14+. The molecule has 0 atom stereocenters. The number of hydrogen-bond donors (Lipinski definition) is 0. The SMILES string of the molecule is O=S(=O)(/N=C1\CCCCN1CC1CC1)c1cccnc1. The van der Waals surface area contributed by atoms with E-state index in [2.05, 4.69) is 14.3 Å². The minimum Gasteiger partial charge on any atom is -0.359 e. The largest absolute Gasteiger partial charge is 0.359 e. The third-order valence-electron chi connectivity index (χ3n) is 3.78. The Hall–Kier alpha value is -1.43. The summed E-state index contributed by atoms with van der Waals surface area (Å²) in [5.74, 6) is 1.46. The summed E-state index contributed by atoms with van der Waals surface area (Å²) in [5, 5.41) is 0. The average Bonchev–Trinajstić information content (AvgIpc) is 3.26. The van der Waals surface area contributed by atoms with Gasteiger partial charge in [-0.3, -0.25) is 4.98 Å². The van der Waals surface area contributed by atoms with Gasteiger partial charge >= 0.3 is 0 Å². The van der Waals surface area contributed by atoms with E-state index < -0.39 is 10.0 Å². The minimum atomic E-state index is -3.62. The van der Waals surface area contributed by atoms with E-state index in [1.807, 2.05) is 0 Å². The Balaban J connectivity index is 1.84. The van der Waals surface area contributed by atoms with Gasteiger partial charge in [0.1, 0.15) is 10.7 Å². The summed E-state index contributed by atoms with van der Waals surface area (Å²) in [6, 6.07) is 3.16. The first kappa shape index (κ1) is 13.5. The lowest BCUT2D eigenvalue weighted by atomic mass is 10.1. The molecule has 6 heteroatoms. The minimum absolute atomic E-state index is 0.171. The smallest absolute Gasteiger partial charge is 0.285 e. The third kappa shape index (κ3) is 3.17. The van der Waals surface area contributed by atoms with Crippen LogP contribution in [0.25, 0.3) is 0 Å². The zero-order chi connectivity index (χ0) is 14.0. The quantitative estimate of drug-likeness (QED) is 0.852. The maximum absolute atomic E-state index is 12.3. The zero-order valence-corrected chi connectivity index (χ0v) is 12.2. The third-order valence-corrected chi connectivity index (χ3v) is 5.07. The second-order valence-electron chi connectivity index (χ2n) is 5.52. The summed E-state index contributed by atoms with van der Waals surface area (Å²) >= 11 is 0. The lowest BCUT2D eigenvalue weighted by Crippen LogP contribution is -2.37. The Morgan fingerprint density at radius 1 is 1.35 bits per heavy atom. The van der Waals surface area contributed by atoms with Crippen molar-refractivity contribution in [3.05, 3.63) is 24.5 Å². The number of likely N-dealkylation sites (tertiary alicyclic amines) is 1. The van der Waals surface area contributed by atoms with Crippen LogP contribution in [0.3, 0.4) is 0 Å². The number of piperidine rings is 1. The molecule has 0 amide bonds. The van der Waals surface area contributed by atoms with Crippen molar-refractivity contribution in [3.63, 3.8) is 0 Å². The maximum Gasteiger partial charge on any atom is 0.285 e. The molecule has 0 unspecified atom stereocenters. The Morgan fingerprint density at radius 2 is 2.20 bits per heavy atom. The van der Waals surface area contributed by atoms with E-state index in [0.29, 0.717) is 0 Å². The number of pyridine rings is 1. The van der Waals surface area contributed by atoms with Gasteiger partial charge in [0, 0.05) is 31.9 Å². The van der Waals surface area contributed by atoms with Crippen molar-refractivity contribution in [1.82, 2.24) is 9.88 Å². The van der Waals surface area contributed by atoms with Crippen molar-refractivity contribution in [3.8, 4) is 0 Å². The van der Waals surface area contributed by atoms with Gasteiger partial charge in [-0.1, -0.05) is 0 Å². The normalized spacial score (nSPS) is 22.2. The first-order valence-electron chi connectivity index (χ1n) is 7.14. The molecule has 0 aromatic carbocycles. The number of rotatable bonds is 4. The van der Waals surface area contributed by atoms with Crippen LogP contribution in [0.4, 0.5) is 0 Å². The zero-order valence-electron chi connectivity index (χ0n) is 11.4. The van der Waals surface area contributed by atoms with Gasteiger partial charge in [0.15, 0.2) is 0 Å². The van der Waals surface area contributed by atoms with Crippen molar-refractivity contribution in [1.29, 1.82) is 0 Å². The molecule has 0 bridgehead atoms. The highest BCUT2D eigenvalue weighted by molar-refractivity contribution is 7.90. The van der Waals surface area contributed by atoms with Crippen LogP contribution in [-0.4, -0.2) is 37.2 Å². The van der Waals surface area contributed by atoms with Crippen molar-refractivity contribution in [2.24, 2.45) is 10.3 Å². The monoisotopic (exact) mass is 293 g/mol. The van der Waals surface area contributed by atoms with E-state index in [-0.39, 0.29) is 4.90 Å². The van der Waals surface area contributed by atoms with E-state index in [1.54, 1.807) is 18.3 Å². The summed E-state index contributed by atoms with van der Waals surface area (Å²) in [5.41, 5.74) is 0. The van der Waals surface area contributed by atoms with Gasteiger partial charge in [0.25, 0.3) is 10.0 Å². The molecule has 1 aromatic rings. The molecule has 1 aliphatic carbocycles. The molecule has 5 nitrogen and oxygen atoms in total. The number of nitrogens with zero attached hydrogens (tertiary/aromatic N) is 3. The lowest BCUT2D eigenvalue weighted by molar-refractivity contribution is 0.356. The Labute approximate surface area is 119 Å². The van der Waals surface area contributed by atoms with Crippen molar-refractivity contribution < 1.29 is 8.42 Å². The van der Waals surface area contributed by atoms with Crippen molar-refractivity contribution >= 4 is 15.9 Å². The van der Waals surface area contributed by atoms with Crippen LogP contribution in [0, 0.1) is 5.92 Å². The Morgan fingerprint density at radius 3 is 2.90 bits per heavy atom. The molecule has 2 aliphatic rings. The second kappa shape index (κ2) is 5.52. The summed E-state index contributed by atoms with van der Waals surface area (Å²) in [6.45, 7) is 1.89. The van der Waals surface area contributed by atoms with E-state index in [4.69, 9.17) is 0 Å². The molecule has 0 N–H and O–H groups in total. The van der Waals surface area contributed by atoms with Crippen LogP contribution in [-0.2, 0) is 10.0 Å². The highest BCUT2D eigenvalue weighted by Gasteiger charge is 2.28. The van der Waals surface area contributed by atoms with Crippen molar-refractivity contribution in [2.75, 3.05) is 13.1 Å². The highest BCUT2D eigenvalue weighted by atomic mass is 32.2. The van der Waals surface area contributed by atoms with E-state index in [9.17, 15) is 8.42 Å². The summed E-state index contributed by atoms with van der Waals surface area (Å²) in [7, 11) is -3.62.